The highest BCUT2D eigenvalue weighted by Crippen LogP contribution is 2.22. The molecule has 1 atom stereocenters. The molecule has 0 fully saturated rings. The SMILES string of the molecule is COc1ccnc(C(N)C(=O)O)c1C. The molecule has 0 radical (unpaired) electrons. The van der Waals surface area contributed by atoms with Crippen molar-refractivity contribution in [3.05, 3.63) is 23.5 Å². The van der Waals surface area contributed by atoms with E-state index >= 15 is 0 Å². The van der Waals surface area contributed by atoms with Crippen molar-refractivity contribution in [1.29, 1.82) is 0 Å². The van der Waals surface area contributed by atoms with Crippen molar-refractivity contribution in [3.63, 3.8) is 0 Å². The molecule has 0 aromatic carbocycles. The van der Waals surface area contributed by atoms with E-state index in [0.29, 0.717) is 17.0 Å². The monoisotopic (exact) mass is 196 g/mol. The summed E-state index contributed by atoms with van der Waals surface area (Å²) in [5.74, 6) is -0.513. The molecule has 5 nitrogen and oxygen atoms in total. The molecule has 0 spiro atoms. The highest BCUT2D eigenvalue weighted by molar-refractivity contribution is 5.75. The lowest BCUT2D eigenvalue weighted by molar-refractivity contribution is -0.138. The fourth-order valence-corrected chi connectivity index (χ4v) is 1.18. The number of aromatic nitrogens is 1. The number of hydrogen-bond donors (Lipinski definition) is 2. The van der Waals surface area contributed by atoms with Crippen molar-refractivity contribution in [2.45, 2.75) is 13.0 Å². The molecular formula is C9H12N2O3. The summed E-state index contributed by atoms with van der Waals surface area (Å²) in [6.07, 6.45) is 1.48. The van der Waals surface area contributed by atoms with Gasteiger partial charge in [-0.2, -0.15) is 0 Å². The third-order valence-corrected chi connectivity index (χ3v) is 1.97. The summed E-state index contributed by atoms with van der Waals surface area (Å²) in [5, 5.41) is 8.72. The fourth-order valence-electron chi connectivity index (χ4n) is 1.18. The highest BCUT2D eigenvalue weighted by atomic mass is 16.5. The first-order chi connectivity index (χ1) is 6.57. The second-order valence-corrected chi connectivity index (χ2v) is 2.84. The molecule has 0 saturated heterocycles. The lowest BCUT2D eigenvalue weighted by Gasteiger charge is -2.11. The summed E-state index contributed by atoms with van der Waals surface area (Å²) in [4.78, 5) is 14.6. The standard InChI is InChI=1S/C9H12N2O3/c1-5-6(14-2)3-4-11-8(5)7(10)9(12)13/h3-4,7H,10H2,1-2H3,(H,12,13). The number of hydrogen-bond acceptors (Lipinski definition) is 4. The fraction of sp³-hybridized carbons (Fsp3) is 0.333. The number of carbonyl (C=O) groups is 1. The Morgan fingerprint density at radius 3 is 2.86 bits per heavy atom. The number of ether oxygens (including phenoxy) is 1. The van der Waals surface area contributed by atoms with Crippen molar-refractivity contribution in [3.8, 4) is 5.75 Å². The van der Waals surface area contributed by atoms with E-state index in [1.165, 1.54) is 13.3 Å². The number of methoxy groups -OCH3 is 1. The third-order valence-electron chi connectivity index (χ3n) is 1.97. The van der Waals surface area contributed by atoms with Crippen LogP contribution in [-0.2, 0) is 4.79 Å². The Labute approximate surface area is 81.5 Å². The molecule has 0 amide bonds. The second kappa shape index (κ2) is 4.06. The molecule has 0 aliphatic rings. The molecule has 1 heterocycles. The van der Waals surface area contributed by atoms with Gasteiger partial charge in [0.05, 0.1) is 12.8 Å². The number of carboxylic acid groups (broad SMARTS) is 1. The van der Waals surface area contributed by atoms with Crippen molar-refractivity contribution in [2.24, 2.45) is 5.73 Å². The van der Waals surface area contributed by atoms with E-state index < -0.39 is 12.0 Å². The van der Waals surface area contributed by atoms with Crippen LogP contribution in [0.4, 0.5) is 0 Å². The second-order valence-electron chi connectivity index (χ2n) is 2.84. The van der Waals surface area contributed by atoms with Crippen molar-refractivity contribution >= 4 is 5.97 Å². The topological polar surface area (TPSA) is 85.4 Å². The van der Waals surface area contributed by atoms with E-state index in [2.05, 4.69) is 4.98 Å². The van der Waals surface area contributed by atoms with Gasteiger partial charge in [0, 0.05) is 11.8 Å². The van der Waals surface area contributed by atoms with Crippen molar-refractivity contribution in [1.82, 2.24) is 4.98 Å². The Kier molecular flexibility index (Phi) is 3.03. The van der Waals surface area contributed by atoms with E-state index in [0.717, 1.165) is 0 Å². The summed E-state index contributed by atoms with van der Waals surface area (Å²) >= 11 is 0. The van der Waals surface area contributed by atoms with Gasteiger partial charge in [-0.25, -0.2) is 0 Å². The predicted molar refractivity (Wildman–Crippen MR) is 50.1 cm³/mol. The largest absolute Gasteiger partial charge is 0.496 e. The van der Waals surface area contributed by atoms with E-state index in [9.17, 15) is 4.79 Å². The maximum Gasteiger partial charge on any atom is 0.326 e. The summed E-state index contributed by atoms with van der Waals surface area (Å²) in [6.45, 7) is 1.73. The van der Waals surface area contributed by atoms with Gasteiger partial charge < -0.3 is 15.6 Å². The molecule has 0 saturated carbocycles. The first-order valence-corrected chi connectivity index (χ1v) is 4.05. The predicted octanol–water partition coefficient (Wildman–Crippen LogP) is 0.483. The lowest BCUT2D eigenvalue weighted by Crippen LogP contribution is -2.23. The van der Waals surface area contributed by atoms with E-state index in [1.54, 1.807) is 13.0 Å². The average molecular weight is 196 g/mol. The van der Waals surface area contributed by atoms with E-state index in [-0.39, 0.29) is 0 Å². The molecule has 1 unspecified atom stereocenters. The molecular weight excluding hydrogens is 184 g/mol. The molecule has 0 bridgehead atoms. The van der Waals surface area contributed by atoms with Crippen LogP contribution in [0, 0.1) is 6.92 Å². The molecule has 1 aromatic heterocycles. The van der Waals surface area contributed by atoms with Crippen LogP contribution in [0.15, 0.2) is 12.3 Å². The Balaban J connectivity index is 3.15. The zero-order chi connectivity index (χ0) is 10.7. The normalized spacial score (nSPS) is 12.2. The quantitative estimate of drug-likeness (QED) is 0.734. The smallest absolute Gasteiger partial charge is 0.326 e. The van der Waals surface area contributed by atoms with Gasteiger partial charge in [-0.15, -0.1) is 0 Å². The van der Waals surface area contributed by atoms with Crippen LogP contribution in [0.25, 0.3) is 0 Å². The van der Waals surface area contributed by atoms with Crippen LogP contribution in [0.3, 0.4) is 0 Å². The molecule has 76 valence electrons. The number of rotatable bonds is 3. The number of aliphatic carboxylic acids is 1. The van der Waals surface area contributed by atoms with E-state index in [1.807, 2.05) is 0 Å². The number of nitrogens with zero attached hydrogens (tertiary/aromatic N) is 1. The zero-order valence-corrected chi connectivity index (χ0v) is 8.02. The van der Waals surface area contributed by atoms with Crippen LogP contribution >= 0.6 is 0 Å². The maximum absolute atomic E-state index is 10.6. The molecule has 1 rings (SSSR count). The van der Waals surface area contributed by atoms with Gasteiger partial charge in [0.2, 0.25) is 0 Å². The van der Waals surface area contributed by atoms with Crippen LogP contribution < -0.4 is 10.5 Å². The molecule has 3 N–H and O–H groups in total. The minimum atomic E-state index is -1.11. The van der Waals surface area contributed by atoms with Crippen LogP contribution in [0.2, 0.25) is 0 Å². The number of carboxylic acids is 1. The molecule has 0 aliphatic carbocycles. The van der Waals surface area contributed by atoms with Gasteiger partial charge in [0.1, 0.15) is 11.8 Å². The Morgan fingerprint density at radius 1 is 1.71 bits per heavy atom. The Hall–Kier alpha value is -1.62. The summed E-state index contributed by atoms with van der Waals surface area (Å²) in [5.41, 5.74) is 6.43. The van der Waals surface area contributed by atoms with Crippen molar-refractivity contribution < 1.29 is 14.6 Å². The first-order valence-electron chi connectivity index (χ1n) is 4.05. The van der Waals surface area contributed by atoms with Gasteiger partial charge in [-0.3, -0.25) is 9.78 Å². The Morgan fingerprint density at radius 2 is 2.36 bits per heavy atom. The minimum absolute atomic E-state index is 0.330. The lowest BCUT2D eigenvalue weighted by atomic mass is 10.1. The van der Waals surface area contributed by atoms with Gasteiger partial charge in [0.25, 0.3) is 0 Å². The molecule has 1 aromatic rings. The van der Waals surface area contributed by atoms with Crippen LogP contribution in [-0.4, -0.2) is 23.2 Å². The summed E-state index contributed by atoms with van der Waals surface area (Å²) < 4.78 is 5.03. The summed E-state index contributed by atoms with van der Waals surface area (Å²) in [7, 11) is 1.51. The van der Waals surface area contributed by atoms with Crippen molar-refractivity contribution in [2.75, 3.05) is 7.11 Å². The van der Waals surface area contributed by atoms with Crippen LogP contribution in [0.5, 0.6) is 5.75 Å². The average Bonchev–Trinajstić information content (AvgIpc) is 2.17. The van der Waals surface area contributed by atoms with Gasteiger partial charge >= 0.3 is 5.97 Å². The van der Waals surface area contributed by atoms with Crippen LogP contribution in [0.1, 0.15) is 17.3 Å². The molecule has 0 aliphatic heterocycles. The zero-order valence-electron chi connectivity index (χ0n) is 8.02. The number of pyridine rings is 1. The van der Waals surface area contributed by atoms with E-state index in [4.69, 9.17) is 15.6 Å². The van der Waals surface area contributed by atoms with Gasteiger partial charge in [0.15, 0.2) is 0 Å². The first kappa shape index (κ1) is 10.5. The molecule has 5 heteroatoms. The van der Waals surface area contributed by atoms with Gasteiger partial charge in [-0.05, 0) is 13.0 Å². The maximum atomic E-state index is 10.6. The minimum Gasteiger partial charge on any atom is -0.496 e. The number of nitrogens with two attached hydrogens (primary N) is 1. The van der Waals surface area contributed by atoms with Gasteiger partial charge in [-0.1, -0.05) is 0 Å². The highest BCUT2D eigenvalue weighted by Gasteiger charge is 2.19. The third kappa shape index (κ3) is 1.82. The molecule has 14 heavy (non-hydrogen) atoms. The summed E-state index contributed by atoms with van der Waals surface area (Å²) in [6, 6.07) is 0.554. The Bertz CT molecular complexity index is 352.